The Labute approximate surface area is 103 Å². The number of hydrogen-bond donors (Lipinski definition) is 2. The molecule has 0 heterocycles. The van der Waals surface area contributed by atoms with E-state index in [1.807, 2.05) is 32.0 Å². The van der Waals surface area contributed by atoms with E-state index >= 15 is 0 Å². The third kappa shape index (κ3) is 4.43. The summed E-state index contributed by atoms with van der Waals surface area (Å²) in [7, 11) is -3.39. The number of hydrazine groups is 2. The van der Waals surface area contributed by atoms with Crippen LogP contribution in [0.5, 0.6) is 0 Å². The molecule has 0 fully saturated rings. The van der Waals surface area contributed by atoms with Crippen molar-refractivity contribution in [3.63, 3.8) is 0 Å². The highest BCUT2D eigenvalue weighted by atomic mass is 32.2. The minimum Gasteiger partial charge on any atom is -0.227 e. The number of nitrogens with one attached hydrogen (secondary N) is 2. The van der Waals surface area contributed by atoms with Gasteiger partial charge in [-0.25, -0.2) is 19.3 Å². The fourth-order valence-corrected chi connectivity index (χ4v) is 2.78. The molecule has 0 saturated heterocycles. The van der Waals surface area contributed by atoms with Gasteiger partial charge in [0.1, 0.15) is 0 Å². The molecule has 0 unspecified atom stereocenters. The summed E-state index contributed by atoms with van der Waals surface area (Å²) in [6.45, 7) is 4.78. The molecule has 0 aliphatic heterocycles. The molecule has 96 valence electrons. The van der Waals surface area contributed by atoms with Crippen LogP contribution in [0.15, 0.2) is 30.3 Å². The van der Waals surface area contributed by atoms with Crippen LogP contribution in [-0.2, 0) is 15.8 Å². The molecule has 17 heavy (non-hydrogen) atoms. The third-order valence-corrected chi connectivity index (χ3v) is 3.59. The van der Waals surface area contributed by atoms with Crippen LogP contribution in [0.2, 0.25) is 0 Å². The molecule has 0 aliphatic carbocycles. The van der Waals surface area contributed by atoms with Gasteiger partial charge in [-0.15, -0.1) is 0 Å². The second-order valence-electron chi connectivity index (χ2n) is 3.53. The van der Waals surface area contributed by atoms with Gasteiger partial charge >= 0.3 is 0 Å². The van der Waals surface area contributed by atoms with E-state index in [1.54, 1.807) is 12.1 Å². The number of sulfonamides is 1. The number of rotatable bonds is 7. The van der Waals surface area contributed by atoms with Gasteiger partial charge in [0.25, 0.3) is 0 Å². The predicted molar refractivity (Wildman–Crippen MR) is 68.3 cm³/mol. The Morgan fingerprint density at radius 1 is 1.06 bits per heavy atom. The monoisotopic (exact) mass is 257 g/mol. The maximum absolute atomic E-state index is 12.1. The molecule has 0 amide bonds. The third-order valence-electron chi connectivity index (χ3n) is 2.07. The Bertz CT molecular complexity index is 414. The summed E-state index contributed by atoms with van der Waals surface area (Å²) in [5, 5.41) is 0. The van der Waals surface area contributed by atoms with Crippen molar-refractivity contribution >= 4 is 10.0 Å². The standard InChI is InChI=1S/C11H19N3O2S/c1-3-12-14(13-4-2)17(15,16)10-11-8-6-5-7-9-11/h5-9,12-13H,3-4,10H2,1-2H3. The van der Waals surface area contributed by atoms with E-state index in [1.165, 1.54) is 0 Å². The molecule has 0 aromatic heterocycles. The van der Waals surface area contributed by atoms with Crippen LogP contribution in [0.3, 0.4) is 0 Å². The molecule has 0 bridgehead atoms. The molecule has 1 aromatic carbocycles. The molecular formula is C11H19N3O2S. The van der Waals surface area contributed by atoms with Crippen LogP contribution in [-0.4, -0.2) is 26.0 Å². The summed E-state index contributed by atoms with van der Waals surface area (Å²) >= 11 is 0. The first-order valence-electron chi connectivity index (χ1n) is 5.64. The predicted octanol–water partition coefficient (Wildman–Crippen LogP) is 0.867. The van der Waals surface area contributed by atoms with Crippen LogP contribution in [0.1, 0.15) is 19.4 Å². The van der Waals surface area contributed by atoms with Crippen LogP contribution in [0, 0.1) is 0 Å². The van der Waals surface area contributed by atoms with Crippen LogP contribution in [0.25, 0.3) is 0 Å². The van der Waals surface area contributed by atoms with Gasteiger partial charge in [-0.2, -0.15) is 0 Å². The highest BCUT2D eigenvalue weighted by Gasteiger charge is 2.20. The normalized spacial score (nSPS) is 11.9. The first-order chi connectivity index (χ1) is 8.10. The van der Waals surface area contributed by atoms with Crippen molar-refractivity contribution in [1.82, 2.24) is 15.4 Å². The molecule has 0 spiro atoms. The Hall–Kier alpha value is -0.950. The van der Waals surface area contributed by atoms with Gasteiger partial charge in [0, 0.05) is 13.1 Å². The first kappa shape index (κ1) is 14.1. The second-order valence-corrected chi connectivity index (χ2v) is 5.35. The average molecular weight is 257 g/mol. The lowest BCUT2D eigenvalue weighted by atomic mass is 10.2. The Morgan fingerprint density at radius 3 is 2.06 bits per heavy atom. The average Bonchev–Trinajstić information content (AvgIpc) is 2.29. The van der Waals surface area contributed by atoms with Crippen molar-refractivity contribution in [2.24, 2.45) is 0 Å². The molecule has 0 aliphatic rings. The van der Waals surface area contributed by atoms with E-state index < -0.39 is 10.0 Å². The van der Waals surface area contributed by atoms with Gasteiger partial charge in [-0.05, 0) is 5.56 Å². The van der Waals surface area contributed by atoms with Crippen molar-refractivity contribution in [3.8, 4) is 0 Å². The molecule has 1 rings (SSSR count). The summed E-state index contributed by atoms with van der Waals surface area (Å²) in [5.41, 5.74) is 6.33. The lowest BCUT2D eigenvalue weighted by Crippen LogP contribution is -2.51. The summed E-state index contributed by atoms with van der Waals surface area (Å²) in [6.07, 6.45) is 0. The van der Waals surface area contributed by atoms with E-state index in [9.17, 15) is 8.42 Å². The SMILES string of the molecule is CCNN(NCC)S(=O)(=O)Cc1ccccc1. The first-order valence-corrected chi connectivity index (χ1v) is 7.25. The molecule has 0 radical (unpaired) electrons. The van der Waals surface area contributed by atoms with E-state index in [0.29, 0.717) is 13.1 Å². The van der Waals surface area contributed by atoms with Crippen LogP contribution < -0.4 is 10.9 Å². The van der Waals surface area contributed by atoms with Crippen LogP contribution in [0.4, 0.5) is 0 Å². The summed E-state index contributed by atoms with van der Waals surface area (Å²) in [4.78, 5) is 0. The van der Waals surface area contributed by atoms with Gasteiger partial charge in [0.2, 0.25) is 10.0 Å². The molecule has 2 N–H and O–H groups in total. The van der Waals surface area contributed by atoms with Gasteiger partial charge in [0.05, 0.1) is 5.75 Å². The summed E-state index contributed by atoms with van der Waals surface area (Å²) in [6, 6.07) is 9.12. The lowest BCUT2D eigenvalue weighted by Gasteiger charge is -2.22. The largest absolute Gasteiger partial charge is 0.244 e. The van der Waals surface area contributed by atoms with E-state index in [4.69, 9.17) is 0 Å². The Kier molecular flexibility index (Phi) is 5.57. The van der Waals surface area contributed by atoms with E-state index in [2.05, 4.69) is 10.9 Å². The molecular weight excluding hydrogens is 238 g/mol. The van der Waals surface area contributed by atoms with Gasteiger partial charge in [-0.1, -0.05) is 48.7 Å². The van der Waals surface area contributed by atoms with Crippen LogP contribution >= 0.6 is 0 Å². The molecule has 1 aromatic rings. The van der Waals surface area contributed by atoms with Crippen molar-refractivity contribution in [2.75, 3.05) is 13.1 Å². The van der Waals surface area contributed by atoms with Gasteiger partial charge in [-0.3, -0.25) is 0 Å². The Morgan fingerprint density at radius 2 is 1.59 bits per heavy atom. The zero-order valence-corrected chi connectivity index (χ0v) is 11.0. The zero-order chi connectivity index (χ0) is 12.7. The zero-order valence-electron chi connectivity index (χ0n) is 10.2. The molecule has 6 heteroatoms. The van der Waals surface area contributed by atoms with Crippen molar-refractivity contribution in [3.05, 3.63) is 35.9 Å². The highest BCUT2D eigenvalue weighted by molar-refractivity contribution is 7.88. The smallest absolute Gasteiger partial charge is 0.227 e. The summed E-state index contributed by atoms with van der Waals surface area (Å²) < 4.78 is 25.3. The van der Waals surface area contributed by atoms with E-state index in [-0.39, 0.29) is 5.75 Å². The molecule has 0 atom stereocenters. The van der Waals surface area contributed by atoms with E-state index in [0.717, 1.165) is 10.1 Å². The number of hydrogen-bond acceptors (Lipinski definition) is 4. The molecule has 5 nitrogen and oxygen atoms in total. The van der Waals surface area contributed by atoms with Crippen molar-refractivity contribution in [1.29, 1.82) is 0 Å². The highest BCUT2D eigenvalue weighted by Crippen LogP contribution is 2.07. The van der Waals surface area contributed by atoms with Gasteiger partial charge < -0.3 is 0 Å². The fraction of sp³-hybridized carbons (Fsp3) is 0.455. The minimum absolute atomic E-state index is 0.0200. The molecule has 0 saturated carbocycles. The summed E-state index contributed by atoms with van der Waals surface area (Å²) in [5.74, 6) is -0.0200. The maximum Gasteiger partial charge on any atom is 0.244 e. The number of nitrogens with zero attached hydrogens (tertiary/aromatic N) is 1. The number of benzene rings is 1. The topological polar surface area (TPSA) is 61.4 Å². The quantitative estimate of drug-likeness (QED) is 0.712. The minimum atomic E-state index is -3.39. The van der Waals surface area contributed by atoms with Crippen molar-refractivity contribution < 1.29 is 8.42 Å². The van der Waals surface area contributed by atoms with Crippen molar-refractivity contribution in [2.45, 2.75) is 19.6 Å². The second kappa shape index (κ2) is 6.70. The maximum atomic E-state index is 12.1. The lowest BCUT2D eigenvalue weighted by molar-refractivity contribution is 0.245. The fourth-order valence-electron chi connectivity index (χ4n) is 1.39. The Balaban J connectivity index is 2.78. The van der Waals surface area contributed by atoms with Gasteiger partial charge in [0.15, 0.2) is 0 Å².